The highest BCUT2D eigenvalue weighted by Crippen LogP contribution is 2.37. The van der Waals surface area contributed by atoms with E-state index in [0.29, 0.717) is 12.3 Å². The van der Waals surface area contributed by atoms with Crippen molar-refractivity contribution in [3.63, 3.8) is 0 Å². The van der Waals surface area contributed by atoms with E-state index in [0.717, 1.165) is 37.4 Å². The second kappa shape index (κ2) is 8.87. The van der Waals surface area contributed by atoms with Gasteiger partial charge in [-0.15, -0.1) is 0 Å². The molecule has 1 aromatic heterocycles. The van der Waals surface area contributed by atoms with Crippen molar-refractivity contribution in [2.24, 2.45) is 0 Å². The van der Waals surface area contributed by atoms with Gasteiger partial charge in [-0.2, -0.15) is 18.2 Å². The highest BCUT2D eigenvalue weighted by Gasteiger charge is 2.36. The number of ether oxygens (including phenoxy) is 1. The molecule has 1 aromatic carbocycles. The number of anilines is 2. The molecule has 4 nitrogen and oxygen atoms in total. The molecule has 0 aliphatic carbocycles. The fourth-order valence-corrected chi connectivity index (χ4v) is 2.52. The molecule has 0 aliphatic rings. The van der Waals surface area contributed by atoms with E-state index >= 15 is 0 Å². The summed E-state index contributed by atoms with van der Waals surface area (Å²) in [5.74, 6) is -0.215. The first-order chi connectivity index (χ1) is 12.4. The molecule has 0 saturated heterocycles. The number of hydrogen-bond donors (Lipinski definition) is 0. The van der Waals surface area contributed by atoms with Crippen molar-refractivity contribution in [1.82, 2.24) is 9.97 Å². The van der Waals surface area contributed by atoms with E-state index in [-0.39, 0.29) is 11.8 Å². The molecule has 2 rings (SSSR count). The number of aromatic nitrogens is 2. The van der Waals surface area contributed by atoms with Crippen LogP contribution in [0.1, 0.15) is 44.2 Å². The number of aryl methyl sites for hydroxylation is 1. The Morgan fingerprint density at radius 3 is 2.58 bits per heavy atom. The van der Waals surface area contributed by atoms with Crippen LogP contribution in [0, 0.1) is 0 Å². The smallest absolute Gasteiger partial charge is 0.421 e. The number of halogens is 3. The maximum atomic E-state index is 13.4. The van der Waals surface area contributed by atoms with Gasteiger partial charge in [0.2, 0.25) is 0 Å². The van der Waals surface area contributed by atoms with Gasteiger partial charge in [-0.25, -0.2) is 4.98 Å². The first kappa shape index (κ1) is 20.0. The van der Waals surface area contributed by atoms with Crippen LogP contribution in [0.2, 0.25) is 0 Å². The normalized spacial score (nSPS) is 11.5. The number of rotatable bonds is 8. The number of alkyl halides is 3. The zero-order valence-electron chi connectivity index (χ0n) is 15.3. The summed E-state index contributed by atoms with van der Waals surface area (Å²) >= 11 is 0. The fraction of sp³-hybridized carbons (Fsp3) is 0.474. The van der Waals surface area contributed by atoms with Crippen molar-refractivity contribution in [2.45, 2.75) is 45.7 Å². The second-order valence-electron chi connectivity index (χ2n) is 6.07. The van der Waals surface area contributed by atoms with Crippen LogP contribution < -0.4 is 9.64 Å². The average molecular weight is 367 g/mol. The van der Waals surface area contributed by atoms with Gasteiger partial charge in [-0.05, 0) is 30.5 Å². The minimum absolute atomic E-state index is 0.0435. The Morgan fingerprint density at radius 2 is 1.92 bits per heavy atom. The van der Waals surface area contributed by atoms with Crippen LogP contribution in [0.4, 0.5) is 24.7 Å². The van der Waals surface area contributed by atoms with E-state index in [4.69, 9.17) is 4.74 Å². The quantitative estimate of drug-likeness (QED) is 0.586. The average Bonchev–Trinajstić information content (AvgIpc) is 2.61. The lowest BCUT2D eigenvalue weighted by Crippen LogP contribution is -2.19. The van der Waals surface area contributed by atoms with Gasteiger partial charge in [0.1, 0.15) is 5.56 Å². The van der Waals surface area contributed by atoms with Crippen LogP contribution in [0.25, 0.3) is 0 Å². The summed E-state index contributed by atoms with van der Waals surface area (Å²) in [5.41, 5.74) is 0.822. The third kappa shape index (κ3) is 5.09. The standard InChI is InChI=1S/C19H24F3N3O/c1-4-6-11-26-18-23-13-16(19(20,21)22)17(24-18)25(3)15-10-7-9-14(12-15)8-5-2/h7,9-10,12-13H,4-6,8,11H2,1-3H3. The largest absolute Gasteiger partial charge is 0.463 e. The molecule has 0 saturated carbocycles. The predicted octanol–water partition coefficient (Wildman–Crippen LogP) is 5.39. The van der Waals surface area contributed by atoms with Crippen LogP contribution in [-0.2, 0) is 12.6 Å². The predicted molar refractivity (Wildman–Crippen MR) is 95.9 cm³/mol. The summed E-state index contributed by atoms with van der Waals surface area (Å²) < 4.78 is 45.6. The summed E-state index contributed by atoms with van der Waals surface area (Å²) in [7, 11) is 1.57. The Balaban J connectivity index is 2.39. The molecular formula is C19H24F3N3O. The molecule has 0 radical (unpaired) electrons. The van der Waals surface area contributed by atoms with Gasteiger partial charge in [0, 0.05) is 18.9 Å². The Kier molecular flexibility index (Phi) is 6.83. The van der Waals surface area contributed by atoms with Gasteiger partial charge in [-0.3, -0.25) is 0 Å². The van der Waals surface area contributed by atoms with Crippen molar-refractivity contribution in [1.29, 1.82) is 0 Å². The van der Waals surface area contributed by atoms with Crippen molar-refractivity contribution < 1.29 is 17.9 Å². The Morgan fingerprint density at radius 1 is 1.15 bits per heavy atom. The van der Waals surface area contributed by atoms with Gasteiger partial charge >= 0.3 is 12.2 Å². The monoisotopic (exact) mass is 367 g/mol. The number of unbranched alkanes of at least 4 members (excludes halogenated alkanes) is 1. The fourth-order valence-electron chi connectivity index (χ4n) is 2.52. The van der Waals surface area contributed by atoms with Crippen LogP contribution >= 0.6 is 0 Å². The molecule has 0 N–H and O–H groups in total. The van der Waals surface area contributed by atoms with Crippen LogP contribution in [0.3, 0.4) is 0 Å². The maximum absolute atomic E-state index is 13.4. The van der Waals surface area contributed by atoms with Crippen molar-refractivity contribution in [3.05, 3.63) is 41.6 Å². The van der Waals surface area contributed by atoms with E-state index < -0.39 is 11.7 Å². The lowest BCUT2D eigenvalue weighted by molar-refractivity contribution is -0.137. The minimum atomic E-state index is -4.55. The second-order valence-corrected chi connectivity index (χ2v) is 6.07. The molecule has 7 heteroatoms. The molecule has 0 fully saturated rings. The van der Waals surface area contributed by atoms with Crippen molar-refractivity contribution in [2.75, 3.05) is 18.6 Å². The molecule has 26 heavy (non-hydrogen) atoms. The zero-order chi connectivity index (χ0) is 19.2. The summed E-state index contributed by atoms with van der Waals surface area (Å²) in [6.45, 7) is 4.43. The molecule has 0 atom stereocenters. The van der Waals surface area contributed by atoms with Crippen LogP contribution in [0.15, 0.2) is 30.5 Å². The topological polar surface area (TPSA) is 38.2 Å². The Hall–Kier alpha value is -2.31. The maximum Gasteiger partial charge on any atom is 0.421 e. The zero-order valence-corrected chi connectivity index (χ0v) is 15.3. The van der Waals surface area contributed by atoms with Gasteiger partial charge in [0.15, 0.2) is 5.82 Å². The van der Waals surface area contributed by atoms with Gasteiger partial charge in [-0.1, -0.05) is 38.8 Å². The van der Waals surface area contributed by atoms with E-state index in [1.807, 2.05) is 25.1 Å². The third-order valence-electron chi connectivity index (χ3n) is 3.94. The molecule has 142 valence electrons. The lowest BCUT2D eigenvalue weighted by Gasteiger charge is -2.23. The van der Waals surface area contributed by atoms with E-state index in [2.05, 4.69) is 16.9 Å². The molecule has 0 unspecified atom stereocenters. The number of nitrogens with zero attached hydrogens (tertiary/aromatic N) is 3. The lowest BCUT2D eigenvalue weighted by atomic mass is 10.1. The number of benzene rings is 1. The van der Waals surface area contributed by atoms with E-state index in [1.54, 1.807) is 13.1 Å². The third-order valence-corrected chi connectivity index (χ3v) is 3.94. The summed E-state index contributed by atoms with van der Waals surface area (Å²) in [6, 6.07) is 7.40. The van der Waals surface area contributed by atoms with E-state index in [1.165, 1.54) is 4.90 Å². The molecule has 0 aliphatic heterocycles. The molecule has 2 aromatic rings. The molecule has 0 amide bonds. The summed E-state index contributed by atoms with van der Waals surface area (Å²) in [5, 5.41) is 0. The van der Waals surface area contributed by atoms with Gasteiger partial charge in [0.05, 0.1) is 6.61 Å². The number of hydrogen-bond acceptors (Lipinski definition) is 4. The van der Waals surface area contributed by atoms with Gasteiger partial charge < -0.3 is 9.64 Å². The highest BCUT2D eigenvalue weighted by molar-refractivity contribution is 5.63. The van der Waals surface area contributed by atoms with Crippen LogP contribution in [-0.4, -0.2) is 23.6 Å². The Labute approximate surface area is 152 Å². The van der Waals surface area contributed by atoms with Crippen molar-refractivity contribution >= 4 is 11.5 Å². The molecule has 0 bridgehead atoms. The first-order valence-corrected chi connectivity index (χ1v) is 8.76. The summed E-state index contributed by atoms with van der Waals surface area (Å²) in [4.78, 5) is 9.18. The molecule has 0 spiro atoms. The molecular weight excluding hydrogens is 343 g/mol. The first-order valence-electron chi connectivity index (χ1n) is 8.76. The van der Waals surface area contributed by atoms with E-state index in [9.17, 15) is 13.2 Å². The Bertz CT molecular complexity index is 719. The highest BCUT2D eigenvalue weighted by atomic mass is 19.4. The van der Waals surface area contributed by atoms with Gasteiger partial charge in [0.25, 0.3) is 0 Å². The summed E-state index contributed by atoms with van der Waals surface area (Å²) in [6.07, 6.45) is -0.234. The molecule has 1 heterocycles. The van der Waals surface area contributed by atoms with Crippen molar-refractivity contribution in [3.8, 4) is 6.01 Å². The minimum Gasteiger partial charge on any atom is -0.463 e. The van der Waals surface area contributed by atoms with Crippen LogP contribution in [0.5, 0.6) is 6.01 Å². The SMILES string of the molecule is CCCCOc1ncc(C(F)(F)F)c(N(C)c2cccc(CCC)c2)n1.